The van der Waals surface area contributed by atoms with Gasteiger partial charge in [-0.15, -0.1) is 12.4 Å². The number of nitrogens with one attached hydrogen (secondary N) is 1. The summed E-state index contributed by atoms with van der Waals surface area (Å²) >= 11 is 0. The minimum absolute atomic E-state index is 0. The lowest BCUT2D eigenvalue weighted by Crippen LogP contribution is -2.46. The van der Waals surface area contributed by atoms with Crippen molar-refractivity contribution in [3.63, 3.8) is 0 Å². The third-order valence-electron chi connectivity index (χ3n) is 5.88. The van der Waals surface area contributed by atoms with Crippen molar-refractivity contribution in [2.45, 2.75) is 31.6 Å². The number of fused-ring (bicyclic) bond motifs is 2. The Hall–Kier alpha value is -1.06. The topological polar surface area (TPSA) is 32.3 Å². The van der Waals surface area contributed by atoms with Crippen LogP contribution in [-0.2, 0) is 16.6 Å². The van der Waals surface area contributed by atoms with Crippen LogP contribution in [0.4, 0.5) is 0 Å². The summed E-state index contributed by atoms with van der Waals surface area (Å²) in [7, 11) is 0. The van der Waals surface area contributed by atoms with Crippen molar-refractivity contribution in [3.8, 4) is 0 Å². The van der Waals surface area contributed by atoms with Crippen molar-refractivity contribution < 1.29 is 4.79 Å². The number of rotatable bonds is 1. The normalized spacial score (nSPS) is 33.0. The Morgan fingerprint density at radius 2 is 1.91 bits per heavy atom. The molecule has 0 spiro atoms. The van der Waals surface area contributed by atoms with Gasteiger partial charge in [-0.25, -0.2) is 0 Å². The van der Waals surface area contributed by atoms with Gasteiger partial charge in [-0.2, -0.15) is 0 Å². The van der Waals surface area contributed by atoms with Gasteiger partial charge in [-0.05, 0) is 49.1 Å². The summed E-state index contributed by atoms with van der Waals surface area (Å²) in [5.41, 5.74) is 2.35. The second kappa shape index (κ2) is 5.86. The number of carbonyl (C=O) groups is 1. The number of amides is 1. The number of carbonyl (C=O) groups excluding carboxylic acids is 1. The Morgan fingerprint density at radius 3 is 2.64 bits per heavy atom. The van der Waals surface area contributed by atoms with Gasteiger partial charge in [0.25, 0.3) is 0 Å². The van der Waals surface area contributed by atoms with Gasteiger partial charge in [0.05, 0.1) is 5.41 Å². The van der Waals surface area contributed by atoms with Gasteiger partial charge in [0.1, 0.15) is 0 Å². The average Bonchev–Trinajstić information content (AvgIpc) is 3.08. The zero-order valence-electron chi connectivity index (χ0n) is 13.2. The molecule has 1 aromatic rings. The highest BCUT2D eigenvalue weighted by molar-refractivity contribution is 5.89. The van der Waals surface area contributed by atoms with Gasteiger partial charge in [0.15, 0.2) is 0 Å². The van der Waals surface area contributed by atoms with Crippen LogP contribution in [-0.4, -0.2) is 37.0 Å². The van der Waals surface area contributed by atoms with E-state index in [4.69, 9.17) is 0 Å². The molecular weight excluding hydrogens is 296 g/mol. The lowest BCUT2D eigenvalue weighted by molar-refractivity contribution is -0.136. The molecule has 2 saturated heterocycles. The standard InChI is InChI=1S/C18H24N2O.ClH/c1-18(8-4-6-13-5-2-3-7-16(13)18)17(21)20-11-14-9-19-10-15(14)12-20;/h2-3,5,7,14-15,19H,4,6,8-12H2,1H3;1H/t14-,15+,18?;. The number of nitrogens with zero attached hydrogens (tertiary/aromatic N) is 1. The molecule has 2 heterocycles. The number of aryl methyl sites for hydroxylation is 1. The molecule has 4 heteroatoms. The number of halogens is 1. The summed E-state index contributed by atoms with van der Waals surface area (Å²) in [6.07, 6.45) is 3.24. The van der Waals surface area contributed by atoms with E-state index in [1.807, 2.05) is 0 Å². The third-order valence-corrected chi connectivity index (χ3v) is 5.88. The fourth-order valence-corrected chi connectivity index (χ4v) is 4.64. The quantitative estimate of drug-likeness (QED) is 0.861. The molecule has 2 fully saturated rings. The van der Waals surface area contributed by atoms with Gasteiger partial charge >= 0.3 is 0 Å². The fourth-order valence-electron chi connectivity index (χ4n) is 4.64. The van der Waals surface area contributed by atoms with Crippen molar-refractivity contribution in [3.05, 3.63) is 35.4 Å². The largest absolute Gasteiger partial charge is 0.341 e. The van der Waals surface area contributed by atoms with E-state index in [0.717, 1.165) is 45.4 Å². The molecule has 1 amide bonds. The maximum Gasteiger partial charge on any atom is 0.232 e. The lowest BCUT2D eigenvalue weighted by atomic mass is 9.70. The van der Waals surface area contributed by atoms with Crippen LogP contribution in [0.5, 0.6) is 0 Å². The van der Waals surface area contributed by atoms with E-state index in [1.165, 1.54) is 11.1 Å². The van der Waals surface area contributed by atoms with Crippen LogP contribution in [0.15, 0.2) is 24.3 Å². The van der Waals surface area contributed by atoms with E-state index in [9.17, 15) is 4.79 Å². The van der Waals surface area contributed by atoms with Crippen molar-refractivity contribution in [2.75, 3.05) is 26.2 Å². The summed E-state index contributed by atoms with van der Waals surface area (Å²) in [5.74, 6) is 1.72. The molecule has 2 aliphatic heterocycles. The van der Waals surface area contributed by atoms with Gasteiger partial charge < -0.3 is 10.2 Å². The van der Waals surface area contributed by atoms with Crippen LogP contribution < -0.4 is 5.32 Å². The second-order valence-corrected chi connectivity index (χ2v) is 7.23. The molecule has 4 rings (SSSR count). The maximum atomic E-state index is 13.2. The first-order valence-electron chi connectivity index (χ1n) is 8.27. The minimum Gasteiger partial charge on any atom is -0.341 e. The van der Waals surface area contributed by atoms with E-state index in [1.54, 1.807) is 0 Å². The summed E-state index contributed by atoms with van der Waals surface area (Å²) in [4.78, 5) is 15.4. The number of likely N-dealkylation sites (tertiary alicyclic amines) is 1. The molecule has 0 aromatic heterocycles. The van der Waals surface area contributed by atoms with Crippen LogP contribution in [0, 0.1) is 11.8 Å². The molecule has 1 aromatic carbocycles. The smallest absolute Gasteiger partial charge is 0.232 e. The number of benzene rings is 1. The number of hydrogen-bond donors (Lipinski definition) is 1. The molecule has 1 aliphatic carbocycles. The summed E-state index contributed by atoms with van der Waals surface area (Å²) in [6, 6.07) is 8.55. The second-order valence-electron chi connectivity index (χ2n) is 7.23. The van der Waals surface area contributed by atoms with Crippen LogP contribution in [0.1, 0.15) is 30.9 Å². The van der Waals surface area contributed by atoms with E-state index in [0.29, 0.717) is 17.7 Å². The van der Waals surface area contributed by atoms with E-state index in [-0.39, 0.29) is 17.8 Å². The Bertz CT molecular complexity index is 564. The summed E-state index contributed by atoms with van der Waals surface area (Å²) < 4.78 is 0. The first kappa shape index (κ1) is 15.8. The van der Waals surface area contributed by atoms with Crippen molar-refractivity contribution >= 4 is 18.3 Å². The SMILES string of the molecule is CC1(C(=O)N2C[C@H]3CNC[C@H]3C2)CCCc2ccccc21.Cl. The van der Waals surface area contributed by atoms with Crippen molar-refractivity contribution in [2.24, 2.45) is 11.8 Å². The lowest BCUT2D eigenvalue weighted by Gasteiger charge is -2.37. The predicted molar refractivity (Wildman–Crippen MR) is 90.4 cm³/mol. The molecule has 22 heavy (non-hydrogen) atoms. The Labute approximate surface area is 138 Å². The molecule has 0 radical (unpaired) electrons. The van der Waals surface area contributed by atoms with Gasteiger partial charge in [0.2, 0.25) is 5.91 Å². The fraction of sp³-hybridized carbons (Fsp3) is 0.611. The van der Waals surface area contributed by atoms with Gasteiger partial charge in [-0.1, -0.05) is 24.3 Å². The molecule has 1 N–H and O–H groups in total. The van der Waals surface area contributed by atoms with E-state index >= 15 is 0 Å². The highest BCUT2D eigenvalue weighted by atomic mass is 35.5. The van der Waals surface area contributed by atoms with Crippen LogP contribution in [0.3, 0.4) is 0 Å². The zero-order valence-corrected chi connectivity index (χ0v) is 14.0. The predicted octanol–water partition coefficient (Wildman–Crippen LogP) is 2.38. The first-order chi connectivity index (χ1) is 10.2. The molecule has 3 aliphatic rings. The highest BCUT2D eigenvalue weighted by Gasteiger charge is 2.46. The van der Waals surface area contributed by atoms with Gasteiger partial charge in [0, 0.05) is 26.2 Å². The molecular formula is C18H25ClN2O. The van der Waals surface area contributed by atoms with Crippen LogP contribution >= 0.6 is 12.4 Å². The molecule has 120 valence electrons. The molecule has 0 saturated carbocycles. The monoisotopic (exact) mass is 320 g/mol. The summed E-state index contributed by atoms with van der Waals surface area (Å²) in [6.45, 7) is 6.24. The summed E-state index contributed by atoms with van der Waals surface area (Å²) in [5, 5.41) is 3.45. The molecule has 3 nitrogen and oxygen atoms in total. The third kappa shape index (κ3) is 2.35. The average molecular weight is 321 g/mol. The Kier molecular flexibility index (Phi) is 4.21. The minimum atomic E-state index is -0.305. The van der Waals surface area contributed by atoms with E-state index in [2.05, 4.69) is 41.4 Å². The highest BCUT2D eigenvalue weighted by Crippen LogP contribution is 2.40. The number of hydrogen-bond acceptors (Lipinski definition) is 2. The first-order valence-corrected chi connectivity index (χ1v) is 8.27. The van der Waals surface area contributed by atoms with Crippen LogP contribution in [0.2, 0.25) is 0 Å². The van der Waals surface area contributed by atoms with Gasteiger partial charge in [-0.3, -0.25) is 4.79 Å². The molecule has 0 bridgehead atoms. The maximum absolute atomic E-state index is 13.2. The van der Waals surface area contributed by atoms with Crippen molar-refractivity contribution in [1.82, 2.24) is 10.2 Å². The van der Waals surface area contributed by atoms with E-state index < -0.39 is 0 Å². The molecule has 3 atom stereocenters. The van der Waals surface area contributed by atoms with Crippen molar-refractivity contribution in [1.29, 1.82) is 0 Å². The zero-order chi connectivity index (χ0) is 14.4. The van der Waals surface area contributed by atoms with Crippen LogP contribution in [0.25, 0.3) is 0 Å². The Balaban J connectivity index is 0.00000144. The Morgan fingerprint density at radius 1 is 1.23 bits per heavy atom. The molecule has 1 unspecified atom stereocenters.